The minimum Gasteiger partial charge on any atom is -0.496 e. The Labute approximate surface area is 165 Å². The first-order valence-electron chi connectivity index (χ1n) is 9.12. The second-order valence-corrected chi connectivity index (χ2v) is 7.47. The van der Waals surface area contributed by atoms with E-state index < -0.39 is 0 Å². The van der Waals surface area contributed by atoms with E-state index in [0.29, 0.717) is 10.8 Å². The van der Waals surface area contributed by atoms with Crippen LogP contribution in [0.2, 0.25) is 5.02 Å². The number of benzene rings is 2. The maximum absolute atomic E-state index is 12.6. The number of ether oxygens (including phenoxy) is 1. The molecule has 144 valence electrons. The Balaban J connectivity index is 1.72. The molecule has 1 fully saturated rings. The van der Waals surface area contributed by atoms with Crippen molar-refractivity contribution in [1.29, 1.82) is 0 Å². The average molecular weight is 388 g/mol. The molecule has 0 aliphatic carbocycles. The van der Waals surface area contributed by atoms with E-state index in [1.165, 1.54) is 0 Å². The summed E-state index contributed by atoms with van der Waals surface area (Å²) >= 11 is 6.06. The van der Waals surface area contributed by atoms with Crippen molar-refractivity contribution >= 4 is 28.9 Å². The molecule has 2 aromatic carbocycles. The highest BCUT2D eigenvalue weighted by atomic mass is 35.5. The molecule has 0 unspecified atom stereocenters. The van der Waals surface area contributed by atoms with Crippen molar-refractivity contribution in [2.75, 3.05) is 50.6 Å². The van der Waals surface area contributed by atoms with Gasteiger partial charge in [-0.2, -0.15) is 0 Å². The van der Waals surface area contributed by atoms with Gasteiger partial charge in [0.1, 0.15) is 5.75 Å². The fourth-order valence-electron chi connectivity index (χ4n) is 3.35. The van der Waals surface area contributed by atoms with Gasteiger partial charge in [-0.3, -0.25) is 4.79 Å². The van der Waals surface area contributed by atoms with E-state index in [1.807, 2.05) is 12.1 Å². The van der Waals surface area contributed by atoms with Crippen LogP contribution in [0.4, 0.5) is 11.4 Å². The molecule has 27 heavy (non-hydrogen) atoms. The van der Waals surface area contributed by atoms with Crippen LogP contribution in [0.5, 0.6) is 5.75 Å². The number of hydrogen-bond donors (Lipinski definition) is 1. The van der Waals surface area contributed by atoms with E-state index in [2.05, 4.69) is 35.2 Å². The molecule has 0 spiro atoms. The van der Waals surface area contributed by atoms with E-state index in [4.69, 9.17) is 16.3 Å². The van der Waals surface area contributed by atoms with E-state index in [1.54, 1.807) is 25.3 Å². The smallest absolute Gasteiger partial charge is 0.228 e. The standard InChI is InChI=1S/C21H26ClN3O2/c1-15-10-18(14-19(11-15)25-8-6-24(2)7-9-25)23-21(26)13-16-12-17(22)4-5-20(16)27-3/h4-5,10-12,14H,6-9,13H2,1-3H3,(H,23,26). The first-order chi connectivity index (χ1) is 12.9. The van der Waals surface area contributed by atoms with Crippen molar-refractivity contribution in [3.05, 3.63) is 52.5 Å². The van der Waals surface area contributed by atoms with Gasteiger partial charge >= 0.3 is 0 Å². The Morgan fingerprint density at radius 1 is 1.15 bits per heavy atom. The Kier molecular flexibility index (Phi) is 6.24. The second-order valence-electron chi connectivity index (χ2n) is 7.03. The predicted molar refractivity (Wildman–Crippen MR) is 111 cm³/mol. The number of hydrogen-bond acceptors (Lipinski definition) is 4. The lowest BCUT2D eigenvalue weighted by molar-refractivity contribution is -0.115. The number of amides is 1. The molecule has 1 aliphatic rings. The number of nitrogens with one attached hydrogen (secondary N) is 1. The molecule has 2 aromatic rings. The lowest BCUT2D eigenvalue weighted by atomic mass is 10.1. The molecule has 1 saturated heterocycles. The van der Waals surface area contributed by atoms with Gasteiger partial charge in [0.25, 0.3) is 0 Å². The number of anilines is 2. The number of carbonyl (C=O) groups is 1. The van der Waals surface area contributed by atoms with E-state index in [0.717, 1.165) is 48.7 Å². The summed E-state index contributed by atoms with van der Waals surface area (Å²) in [6.07, 6.45) is 0.210. The first-order valence-corrected chi connectivity index (χ1v) is 9.50. The third-order valence-electron chi connectivity index (χ3n) is 4.81. The van der Waals surface area contributed by atoms with E-state index in [9.17, 15) is 4.79 Å². The highest BCUT2D eigenvalue weighted by molar-refractivity contribution is 6.30. The normalized spacial score (nSPS) is 14.9. The number of carbonyl (C=O) groups excluding carboxylic acids is 1. The molecule has 1 N–H and O–H groups in total. The number of aryl methyl sites for hydroxylation is 1. The van der Waals surface area contributed by atoms with Gasteiger partial charge < -0.3 is 19.9 Å². The van der Waals surface area contributed by atoms with Crippen molar-refractivity contribution in [3.8, 4) is 5.75 Å². The van der Waals surface area contributed by atoms with Crippen LogP contribution in [0.3, 0.4) is 0 Å². The molecule has 1 heterocycles. The maximum Gasteiger partial charge on any atom is 0.228 e. The molecule has 1 aliphatic heterocycles. The number of halogens is 1. The van der Waals surface area contributed by atoms with E-state index in [-0.39, 0.29) is 12.3 Å². The molecule has 0 aromatic heterocycles. The second kappa shape index (κ2) is 8.63. The van der Waals surface area contributed by atoms with Crippen LogP contribution in [0.1, 0.15) is 11.1 Å². The zero-order valence-corrected chi connectivity index (χ0v) is 16.8. The fourth-order valence-corrected chi connectivity index (χ4v) is 3.54. The van der Waals surface area contributed by atoms with Crippen molar-refractivity contribution in [2.24, 2.45) is 0 Å². The SMILES string of the molecule is COc1ccc(Cl)cc1CC(=O)Nc1cc(C)cc(N2CCN(C)CC2)c1. The van der Waals surface area contributed by atoms with Gasteiger partial charge in [0.2, 0.25) is 5.91 Å². The summed E-state index contributed by atoms with van der Waals surface area (Å²) in [5.74, 6) is 0.572. The van der Waals surface area contributed by atoms with Gasteiger partial charge in [-0.15, -0.1) is 0 Å². The zero-order valence-electron chi connectivity index (χ0n) is 16.1. The molecule has 0 radical (unpaired) electrons. The third-order valence-corrected chi connectivity index (χ3v) is 5.04. The zero-order chi connectivity index (χ0) is 19.4. The summed E-state index contributed by atoms with van der Waals surface area (Å²) in [5, 5.41) is 3.60. The summed E-state index contributed by atoms with van der Waals surface area (Å²) < 4.78 is 5.33. The van der Waals surface area contributed by atoms with Gasteiger partial charge in [0.05, 0.1) is 13.5 Å². The van der Waals surface area contributed by atoms with Gasteiger partial charge in [-0.25, -0.2) is 0 Å². The van der Waals surface area contributed by atoms with Crippen LogP contribution in [-0.4, -0.2) is 51.1 Å². The topological polar surface area (TPSA) is 44.8 Å². The molecule has 0 bridgehead atoms. The molecule has 0 atom stereocenters. The lowest BCUT2D eigenvalue weighted by Crippen LogP contribution is -2.44. The fraction of sp³-hybridized carbons (Fsp3) is 0.381. The summed E-state index contributed by atoms with van der Waals surface area (Å²) in [5.41, 5.74) is 3.87. The largest absolute Gasteiger partial charge is 0.496 e. The molecular weight excluding hydrogens is 362 g/mol. The molecule has 6 heteroatoms. The molecule has 1 amide bonds. The van der Waals surface area contributed by atoms with Gasteiger partial charge in [-0.1, -0.05) is 11.6 Å². The number of nitrogens with zero attached hydrogens (tertiary/aromatic N) is 2. The number of likely N-dealkylation sites (N-methyl/N-ethyl adjacent to an activating group) is 1. The monoisotopic (exact) mass is 387 g/mol. The van der Waals surface area contributed by atoms with Crippen LogP contribution in [-0.2, 0) is 11.2 Å². The predicted octanol–water partition coefficient (Wildman–Crippen LogP) is 3.59. The van der Waals surface area contributed by atoms with E-state index >= 15 is 0 Å². The van der Waals surface area contributed by atoms with Crippen molar-refractivity contribution in [3.63, 3.8) is 0 Å². The highest BCUT2D eigenvalue weighted by Crippen LogP contribution is 2.25. The van der Waals surface area contributed by atoms with Crippen molar-refractivity contribution in [2.45, 2.75) is 13.3 Å². The lowest BCUT2D eigenvalue weighted by Gasteiger charge is -2.34. The Bertz CT molecular complexity index is 817. The summed E-state index contributed by atoms with van der Waals surface area (Å²) in [7, 11) is 3.73. The van der Waals surface area contributed by atoms with Crippen LogP contribution in [0, 0.1) is 6.92 Å². The van der Waals surface area contributed by atoms with Crippen molar-refractivity contribution < 1.29 is 9.53 Å². The molecular formula is C21H26ClN3O2. The molecule has 0 saturated carbocycles. The quantitative estimate of drug-likeness (QED) is 0.851. The number of rotatable bonds is 5. The minimum absolute atomic E-state index is 0.0921. The van der Waals surface area contributed by atoms with Crippen LogP contribution >= 0.6 is 11.6 Å². The van der Waals surface area contributed by atoms with Crippen LogP contribution < -0.4 is 15.0 Å². The summed E-state index contributed by atoms with van der Waals surface area (Å²) in [6, 6.07) is 11.5. The van der Waals surface area contributed by atoms with Gasteiger partial charge in [-0.05, 0) is 55.9 Å². The van der Waals surface area contributed by atoms with Gasteiger partial charge in [0, 0.05) is 48.1 Å². The Morgan fingerprint density at radius 2 is 1.89 bits per heavy atom. The highest BCUT2D eigenvalue weighted by Gasteiger charge is 2.16. The van der Waals surface area contributed by atoms with Crippen LogP contribution in [0.15, 0.2) is 36.4 Å². The summed E-state index contributed by atoms with van der Waals surface area (Å²) in [4.78, 5) is 17.3. The first kappa shape index (κ1) is 19.5. The average Bonchev–Trinajstić information content (AvgIpc) is 2.62. The number of piperazine rings is 1. The number of methoxy groups -OCH3 is 1. The third kappa shape index (κ3) is 5.15. The molecule has 3 rings (SSSR count). The molecule has 5 nitrogen and oxygen atoms in total. The van der Waals surface area contributed by atoms with Crippen molar-refractivity contribution in [1.82, 2.24) is 4.90 Å². The summed E-state index contributed by atoms with van der Waals surface area (Å²) in [6.45, 7) is 6.13. The Morgan fingerprint density at radius 3 is 2.59 bits per heavy atom. The Hall–Kier alpha value is -2.24. The maximum atomic E-state index is 12.6. The van der Waals surface area contributed by atoms with Crippen LogP contribution in [0.25, 0.3) is 0 Å². The van der Waals surface area contributed by atoms with Gasteiger partial charge in [0.15, 0.2) is 0 Å². The minimum atomic E-state index is -0.0921.